The van der Waals surface area contributed by atoms with Crippen LogP contribution in [0, 0.1) is 6.92 Å². The van der Waals surface area contributed by atoms with E-state index in [0.29, 0.717) is 0 Å². The molecule has 3 nitrogen and oxygen atoms in total. The summed E-state index contributed by atoms with van der Waals surface area (Å²) in [6, 6.07) is 6.13. The molecule has 0 heterocycles. The van der Waals surface area contributed by atoms with Gasteiger partial charge in [-0.05, 0) is 38.1 Å². The van der Waals surface area contributed by atoms with Gasteiger partial charge >= 0.3 is 0 Å². The van der Waals surface area contributed by atoms with Crippen LogP contribution in [0.3, 0.4) is 0 Å². The number of aliphatic hydroxyl groups is 1. The second-order valence-corrected chi connectivity index (χ2v) is 4.08. The fourth-order valence-corrected chi connectivity index (χ4v) is 1.44. The molecule has 0 aliphatic heterocycles. The van der Waals surface area contributed by atoms with Crippen molar-refractivity contribution in [3.05, 3.63) is 29.3 Å². The number of rotatable bonds is 4. The molecule has 84 valence electrons. The third-order valence-electron chi connectivity index (χ3n) is 2.92. The fourth-order valence-electron chi connectivity index (χ4n) is 1.44. The third kappa shape index (κ3) is 2.94. The Hall–Kier alpha value is -1.06. The summed E-state index contributed by atoms with van der Waals surface area (Å²) in [5, 5.41) is 9.04. The molecule has 0 aliphatic carbocycles. The highest BCUT2D eigenvalue weighted by molar-refractivity contribution is 5.49. The van der Waals surface area contributed by atoms with Gasteiger partial charge in [-0.15, -0.1) is 0 Å². The van der Waals surface area contributed by atoms with Gasteiger partial charge in [0, 0.05) is 18.3 Å². The van der Waals surface area contributed by atoms with Crippen LogP contribution in [0.15, 0.2) is 18.2 Å². The lowest BCUT2D eigenvalue weighted by Crippen LogP contribution is -2.31. The number of anilines is 1. The van der Waals surface area contributed by atoms with Crippen molar-refractivity contribution in [2.75, 3.05) is 19.4 Å². The molecule has 0 aromatic heterocycles. The molecule has 1 atom stereocenters. The van der Waals surface area contributed by atoms with E-state index in [-0.39, 0.29) is 12.6 Å². The van der Waals surface area contributed by atoms with Crippen LogP contribution in [-0.2, 0) is 6.54 Å². The van der Waals surface area contributed by atoms with Crippen molar-refractivity contribution in [3.8, 4) is 0 Å². The van der Waals surface area contributed by atoms with E-state index in [1.54, 1.807) is 0 Å². The third-order valence-corrected chi connectivity index (χ3v) is 2.92. The minimum absolute atomic E-state index is 0.172. The molecule has 0 aliphatic rings. The van der Waals surface area contributed by atoms with Gasteiger partial charge in [-0.3, -0.25) is 4.90 Å². The Labute approximate surface area is 91.5 Å². The minimum Gasteiger partial charge on any atom is -0.399 e. The zero-order chi connectivity index (χ0) is 11.4. The largest absolute Gasteiger partial charge is 0.399 e. The quantitative estimate of drug-likeness (QED) is 0.735. The van der Waals surface area contributed by atoms with E-state index in [2.05, 4.69) is 11.0 Å². The van der Waals surface area contributed by atoms with Crippen molar-refractivity contribution in [2.45, 2.75) is 26.4 Å². The summed E-state index contributed by atoms with van der Waals surface area (Å²) < 4.78 is 0. The summed E-state index contributed by atoms with van der Waals surface area (Å²) in [6.45, 7) is 5.03. The van der Waals surface area contributed by atoms with E-state index in [9.17, 15) is 0 Å². The highest BCUT2D eigenvalue weighted by Gasteiger charge is 2.10. The van der Waals surface area contributed by atoms with Gasteiger partial charge in [0.2, 0.25) is 0 Å². The molecule has 0 bridgehead atoms. The van der Waals surface area contributed by atoms with Gasteiger partial charge in [0.15, 0.2) is 0 Å². The first kappa shape index (κ1) is 12.0. The molecule has 1 unspecified atom stereocenters. The van der Waals surface area contributed by atoms with Crippen LogP contribution in [0.4, 0.5) is 5.69 Å². The molecule has 0 radical (unpaired) electrons. The topological polar surface area (TPSA) is 49.5 Å². The van der Waals surface area contributed by atoms with Gasteiger partial charge < -0.3 is 10.8 Å². The predicted octanol–water partition coefficient (Wildman–Crippen LogP) is 1.39. The van der Waals surface area contributed by atoms with E-state index < -0.39 is 0 Å². The van der Waals surface area contributed by atoms with Crippen LogP contribution >= 0.6 is 0 Å². The smallest absolute Gasteiger partial charge is 0.0584 e. The number of nitrogen functional groups attached to an aromatic ring is 1. The van der Waals surface area contributed by atoms with Gasteiger partial charge in [-0.1, -0.05) is 12.1 Å². The summed E-state index contributed by atoms with van der Waals surface area (Å²) >= 11 is 0. The van der Waals surface area contributed by atoms with E-state index in [0.717, 1.165) is 17.8 Å². The van der Waals surface area contributed by atoms with Crippen molar-refractivity contribution in [3.63, 3.8) is 0 Å². The Balaban J connectivity index is 2.76. The van der Waals surface area contributed by atoms with E-state index >= 15 is 0 Å². The zero-order valence-corrected chi connectivity index (χ0v) is 9.70. The number of hydrogen-bond acceptors (Lipinski definition) is 3. The second kappa shape index (κ2) is 5.14. The van der Waals surface area contributed by atoms with Gasteiger partial charge in [-0.25, -0.2) is 0 Å². The maximum Gasteiger partial charge on any atom is 0.0584 e. The first-order valence-corrected chi connectivity index (χ1v) is 5.21. The molecule has 15 heavy (non-hydrogen) atoms. The first-order valence-electron chi connectivity index (χ1n) is 5.21. The highest BCUT2D eigenvalue weighted by Crippen LogP contribution is 2.17. The molecule has 0 saturated carbocycles. The van der Waals surface area contributed by atoms with E-state index in [4.69, 9.17) is 10.8 Å². The van der Waals surface area contributed by atoms with Crippen LogP contribution < -0.4 is 5.73 Å². The highest BCUT2D eigenvalue weighted by atomic mass is 16.3. The lowest BCUT2D eigenvalue weighted by Gasteiger charge is -2.23. The van der Waals surface area contributed by atoms with Crippen LogP contribution in [-0.4, -0.2) is 29.7 Å². The lowest BCUT2D eigenvalue weighted by molar-refractivity contribution is 0.154. The average molecular weight is 208 g/mol. The van der Waals surface area contributed by atoms with Gasteiger partial charge in [0.05, 0.1) is 6.61 Å². The Bertz CT molecular complexity index is 325. The standard InChI is InChI=1S/C12H20N2O/c1-9(8-15)14(3)7-11-5-4-6-12(13)10(11)2/h4-6,9,15H,7-8,13H2,1-3H3. The Kier molecular flexibility index (Phi) is 4.12. The van der Waals surface area contributed by atoms with Crippen molar-refractivity contribution in [2.24, 2.45) is 0 Å². The summed E-state index contributed by atoms with van der Waals surface area (Å²) in [5.41, 5.74) is 9.02. The number of nitrogens with zero attached hydrogens (tertiary/aromatic N) is 1. The zero-order valence-electron chi connectivity index (χ0n) is 9.70. The fraction of sp³-hybridized carbons (Fsp3) is 0.500. The van der Waals surface area contributed by atoms with Crippen molar-refractivity contribution >= 4 is 5.69 Å². The van der Waals surface area contributed by atoms with Gasteiger partial charge in [0.25, 0.3) is 0 Å². The molecule has 0 amide bonds. The molecule has 1 rings (SSSR count). The molecule has 3 N–H and O–H groups in total. The van der Waals surface area contributed by atoms with Gasteiger partial charge in [0.1, 0.15) is 0 Å². The molecule has 0 fully saturated rings. The SMILES string of the molecule is Cc1c(N)cccc1CN(C)C(C)CO. The maximum absolute atomic E-state index is 9.04. The van der Waals surface area contributed by atoms with Crippen molar-refractivity contribution < 1.29 is 5.11 Å². The molecular formula is C12H20N2O. The van der Waals surface area contributed by atoms with Crippen molar-refractivity contribution in [1.82, 2.24) is 4.90 Å². The molecule has 3 heteroatoms. The lowest BCUT2D eigenvalue weighted by atomic mass is 10.1. The molecular weight excluding hydrogens is 188 g/mol. The Morgan fingerprint density at radius 3 is 2.73 bits per heavy atom. The number of aliphatic hydroxyl groups excluding tert-OH is 1. The minimum atomic E-state index is 0.172. The van der Waals surface area contributed by atoms with Crippen LogP contribution in [0.25, 0.3) is 0 Å². The predicted molar refractivity (Wildman–Crippen MR) is 63.6 cm³/mol. The van der Waals surface area contributed by atoms with Crippen molar-refractivity contribution in [1.29, 1.82) is 0 Å². The number of likely N-dealkylation sites (N-methyl/N-ethyl adjacent to an activating group) is 1. The van der Waals surface area contributed by atoms with Crippen LogP contribution in [0.1, 0.15) is 18.1 Å². The molecule has 0 saturated heterocycles. The number of benzene rings is 1. The normalized spacial score (nSPS) is 13.1. The molecule has 1 aromatic rings. The average Bonchev–Trinajstić information content (AvgIpc) is 2.23. The number of nitrogens with two attached hydrogens (primary N) is 1. The maximum atomic E-state index is 9.04. The van der Waals surface area contributed by atoms with E-state index in [1.165, 1.54) is 5.56 Å². The number of hydrogen-bond donors (Lipinski definition) is 2. The second-order valence-electron chi connectivity index (χ2n) is 4.08. The summed E-state index contributed by atoms with van der Waals surface area (Å²) in [4.78, 5) is 2.11. The summed E-state index contributed by atoms with van der Waals surface area (Å²) in [6.07, 6.45) is 0. The summed E-state index contributed by atoms with van der Waals surface area (Å²) in [5.74, 6) is 0. The Morgan fingerprint density at radius 2 is 2.13 bits per heavy atom. The Morgan fingerprint density at radius 1 is 1.47 bits per heavy atom. The first-order chi connectivity index (χ1) is 7.06. The molecule has 0 spiro atoms. The van der Waals surface area contributed by atoms with Crippen LogP contribution in [0.5, 0.6) is 0 Å². The van der Waals surface area contributed by atoms with E-state index in [1.807, 2.05) is 33.0 Å². The van der Waals surface area contributed by atoms with Crippen LogP contribution in [0.2, 0.25) is 0 Å². The van der Waals surface area contributed by atoms with Gasteiger partial charge in [-0.2, -0.15) is 0 Å². The summed E-state index contributed by atoms with van der Waals surface area (Å²) in [7, 11) is 2.00. The molecule has 1 aromatic carbocycles. The monoisotopic (exact) mass is 208 g/mol.